The van der Waals surface area contributed by atoms with E-state index in [1.54, 1.807) is 30.1 Å². The van der Waals surface area contributed by atoms with E-state index in [-0.39, 0.29) is 0 Å². The van der Waals surface area contributed by atoms with Gasteiger partial charge in [-0.2, -0.15) is 5.10 Å². The first-order valence-electron chi connectivity index (χ1n) is 5.52. The minimum absolute atomic E-state index is 0.545. The Bertz CT molecular complexity index is 552. The van der Waals surface area contributed by atoms with Crippen molar-refractivity contribution in [3.63, 3.8) is 0 Å². The van der Waals surface area contributed by atoms with E-state index in [4.69, 9.17) is 16.3 Å². The fraction of sp³-hybridized carbons (Fsp3) is 0.231. The number of aromatic nitrogens is 2. The molecule has 0 radical (unpaired) electrons. The Balaban J connectivity index is 2.42. The Hall–Kier alpha value is -1.65. The molecular weight excluding hydrogens is 252 g/mol. The minimum Gasteiger partial charge on any atom is -0.383 e. The predicted molar refractivity (Wildman–Crippen MR) is 69.9 cm³/mol. The van der Waals surface area contributed by atoms with Crippen LogP contribution in [0.2, 0.25) is 5.02 Å². The molecule has 18 heavy (non-hydrogen) atoms. The van der Waals surface area contributed by atoms with E-state index in [0.29, 0.717) is 23.7 Å². The van der Waals surface area contributed by atoms with Gasteiger partial charge in [0.2, 0.25) is 0 Å². The van der Waals surface area contributed by atoms with E-state index in [0.717, 1.165) is 17.5 Å². The van der Waals surface area contributed by atoms with Gasteiger partial charge in [0.25, 0.3) is 0 Å². The molecule has 0 atom stereocenters. The second-order valence-corrected chi connectivity index (χ2v) is 4.22. The average Bonchev–Trinajstić information content (AvgIpc) is 2.84. The van der Waals surface area contributed by atoms with Crippen LogP contribution in [-0.2, 0) is 11.3 Å². The van der Waals surface area contributed by atoms with Crippen LogP contribution >= 0.6 is 11.6 Å². The minimum atomic E-state index is 0.545. The third-order valence-corrected chi connectivity index (χ3v) is 2.88. The van der Waals surface area contributed by atoms with Crippen LogP contribution in [0.5, 0.6) is 0 Å². The van der Waals surface area contributed by atoms with E-state index in [1.165, 1.54) is 0 Å². The van der Waals surface area contributed by atoms with E-state index >= 15 is 0 Å². The van der Waals surface area contributed by atoms with Gasteiger partial charge in [0, 0.05) is 29.5 Å². The molecule has 0 saturated carbocycles. The maximum atomic E-state index is 11.1. The fourth-order valence-electron chi connectivity index (χ4n) is 1.78. The molecule has 0 bridgehead atoms. The molecule has 0 unspecified atom stereocenters. The molecule has 0 aliphatic rings. The molecule has 4 nitrogen and oxygen atoms in total. The van der Waals surface area contributed by atoms with Crippen LogP contribution < -0.4 is 0 Å². The highest BCUT2D eigenvalue weighted by atomic mass is 35.5. The van der Waals surface area contributed by atoms with Gasteiger partial charge >= 0.3 is 0 Å². The summed E-state index contributed by atoms with van der Waals surface area (Å²) in [5.74, 6) is 0. The number of hydrogen-bond donors (Lipinski definition) is 0. The van der Waals surface area contributed by atoms with Gasteiger partial charge in [0.15, 0.2) is 6.29 Å². The summed E-state index contributed by atoms with van der Waals surface area (Å²) in [6, 6.07) is 7.10. The molecule has 94 valence electrons. The first-order chi connectivity index (χ1) is 8.76. The lowest BCUT2D eigenvalue weighted by Crippen LogP contribution is -2.07. The summed E-state index contributed by atoms with van der Waals surface area (Å²) in [5, 5.41) is 4.76. The zero-order valence-electron chi connectivity index (χ0n) is 9.97. The number of carbonyl (C=O) groups is 1. The molecule has 0 N–H and O–H groups in total. The van der Waals surface area contributed by atoms with Crippen LogP contribution in [0, 0.1) is 0 Å². The van der Waals surface area contributed by atoms with Crippen LogP contribution in [0.15, 0.2) is 30.5 Å². The zero-order chi connectivity index (χ0) is 13.0. The molecule has 0 saturated heterocycles. The van der Waals surface area contributed by atoms with Crippen molar-refractivity contribution in [3.05, 3.63) is 41.0 Å². The van der Waals surface area contributed by atoms with Crippen LogP contribution in [0.3, 0.4) is 0 Å². The van der Waals surface area contributed by atoms with Crippen molar-refractivity contribution in [2.45, 2.75) is 6.54 Å². The molecule has 1 heterocycles. The van der Waals surface area contributed by atoms with Gasteiger partial charge in [-0.25, -0.2) is 0 Å². The van der Waals surface area contributed by atoms with Gasteiger partial charge in [-0.05, 0) is 18.2 Å². The largest absolute Gasteiger partial charge is 0.383 e. The normalized spacial score (nSPS) is 10.6. The highest BCUT2D eigenvalue weighted by molar-refractivity contribution is 6.31. The van der Waals surface area contributed by atoms with Crippen molar-refractivity contribution < 1.29 is 9.53 Å². The van der Waals surface area contributed by atoms with Gasteiger partial charge in [0.05, 0.1) is 18.8 Å². The zero-order valence-corrected chi connectivity index (χ0v) is 10.7. The van der Waals surface area contributed by atoms with Crippen molar-refractivity contribution in [2.24, 2.45) is 0 Å². The SMILES string of the molecule is COCCn1nccc1-c1ccc(Cl)cc1C=O. The molecule has 1 aromatic carbocycles. The Labute approximate surface area is 110 Å². The summed E-state index contributed by atoms with van der Waals surface area (Å²) in [6.07, 6.45) is 2.50. The lowest BCUT2D eigenvalue weighted by molar-refractivity contribution is 0.112. The van der Waals surface area contributed by atoms with Gasteiger partial charge in [0.1, 0.15) is 0 Å². The molecular formula is C13H13ClN2O2. The van der Waals surface area contributed by atoms with Gasteiger partial charge < -0.3 is 4.74 Å². The summed E-state index contributed by atoms with van der Waals surface area (Å²) >= 11 is 5.88. The Morgan fingerprint density at radius 2 is 2.28 bits per heavy atom. The molecule has 0 aliphatic carbocycles. The predicted octanol–water partition coefficient (Wildman–Crippen LogP) is 2.66. The molecule has 0 spiro atoms. The van der Waals surface area contributed by atoms with Gasteiger partial charge in [-0.1, -0.05) is 17.7 Å². The van der Waals surface area contributed by atoms with Crippen LogP contribution in [-0.4, -0.2) is 29.8 Å². The van der Waals surface area contributed by atoms with Crippen molar-refractivity contribution in [2.75, 3.05) is 13.7 Å². The standard InChI is InChI=1S/C13H13ClN2O2/c1-18-7-6-16-13(4-5-15-16)12-3-2-11(14)8-10(12)9-17/h2-5,8-9H,6-7H2,1H3. The van der Waals surface area contributed by atoms with Crippen molar-refractivity contribution >= 4 is 17.9 Å². The van der Waals surface area contributed by atoms with E-state index in [2.05, 4.69) is 5.10 Å². The highest BCUT2D eigenvalue weighted by Gasteiger charge is 2.10. The molecule has 1 aromatic heterocycles. The second-order valence-electron chi connectivity index (χ2n) is 3.78. The number of nitrogens with zero attached hydrogens (tertiary/aromatic N) is 2. The van der Waals surface area contributed by atoms with Crippen LogP contribution in [0.25, 0.3) is 11.3 Å². The summed E-state index contributed by atoms with van der Waals surface area (Å²) in [7, 11) is 1.64. The van der Waals surface area contributed by atoms with E-state index < -0.39 is 0 Å². The van der Waals surface area contributed by atoms with Crippen molar-refractivity contribution in [1.29, 1.82) is 0 Å². The van der Waals surface area contributed by atoms with Crippen molar-refractivity contribution in [3.8, 4) is 11.3 Å². The molecule has 5 heteroatoms. The third kappa shape index (κ3) is 2.60. The highest BCUT2D eigenvalue weighted by Crippen LogP contribution is 2.25. The van der Waals surface area contributed by atoms with E-state index in [1.807, 2.05) is 12.1 Å². The first kappa shape index (κ1) is 12.8. The smallest absolute Gasteiger partial charge is 0.150 e. The summed E-state index contributed by atoms with van der Waals surface area (Å²) in [6.45, 7) is 1.21. The number of rotatable bonds is 5. The first-order valence-corrected chi connectivity index (χ1v) is 5.90. The number of ether oxygens (including phenoxy) is 1. The summed E-state index contributed by atoms with van der Waals surface area (Å²) in [4.78, 5) is 11.1. The van der Waals surface area contributed by atoms with Gasteiger partial charge in [-0.3, -0.25) is 9.48 Å². The third-order valence-electron chi connectivity index (χ3n) is 2.64. The quantitative estimate of drug-likeness (QED) is 0.780. The number of hydrogen-bond acceptors (Lipinski definition) is 3. The Morgan fingerprint density at radius 3 is 3.00 bits per heavy atom. The van der Waals surface area contributed by atoms with Crippen LogP contribution in [0.1, 0.15) is 10.4 Å². The topological polar surface area (TPSA) is 44.1 Å². The molecule has 2 aromatic rings. The maximum Gasteiger partial charge on any atom is 0.150 e. The molecule has 0 aliphatic heterocycles. The Morgan fingerprint density at radius 1 is 1.44 bits per heavy atom. The van der Waals surface area contributed by atoms with E-state index in [9.17, 15) is 4.79 Å². The molecule has 0 fully saturated rings. The average molecular weight is 265 g/mol. The number of benzene rings is 1. The number of methoxy groups -OCH3 is 1. The van der Waals surface area contributed by atoms with Gasteiger partial charge in [-0.15, -0.1) is 0 Å². The fourth-order valence-corrected chi connectivity index (χ4v) is 1.96. The van der Waals surface area contributed by atoms with Crippen LogP contribution in [0.4, 0.5) is 0 Å². The lowest BCUT2D eigenvalue weighted by atomic mass is 10.1. The number of halogens is 1. The monoisotopic (exact) mass is 264 g/mol. The van der Waals surface area contributed by atoms with Crippen molar-refractivity contribution in [1.82, 2.24) is 9.78 Å². The Kier molecular flexibility index (Phi) is 4.12. The number of aldehydes is 1. The molecule has 0 amide bonds. The summed E-state index contributed by atoms with van der Waals surface area (Å²) < 4.78 is 6.84. The maximum absolute atomic E-state index is 11.1. The number of carbonyl (C=O) groups excluding carboxylic acids is 1. The lowest BCUT2D eigenvalue weighted by Gasteiger charge is -2.09. The summed E-state index contributed by atoms with van der Waals surface area (Å²) in [5.41, 5.74) is 2.26. The second kappa shape index (κ2) is 5.80. The molecule has 2 rings (SSSR count).